The van der Waals surface area contributed by atoms with Gasteiger partial charge in [-0.2, -0.15) is 0 Å². The molecule has 0 radical (unpaired) electrons. The van der Waals surface area contributed by atoms with Crippen LogP contribution >= 0.6 is 11.6 Å². The van der Waals surface area contributed by atoms with Gasteiger partial charge in [0.2, 0.25) is 0 Å². The first-order valence-corrected chi connectivity index (χ1v) is 8.51. The lowest BCUT2D eigenvalue weighted by Crippen LogP contribution is -2.16. The van der Waals surface area contributed by atoms with Gasteiger partial charge >= 0.3 is 0 Å². The summed E-state index contributed by atoms with van der Waals surface area (Å²) in [6.45, 7) is 5.28. The second-order valence-electron chi connectivity index (χ2n) is 5.36. The SMILES string of the molecule is CCOCCCNCc1cccc(OCc2c(F)cccc2Cl)c1. The Hall–Kier alpha value is -1.62. The first kappa shape index (κ1) is 18.7. The van der Waals surface area contributed by atoms with Crippen LogP contribution in [0.5, 0.6) is 5.75 Å². The third-order valence-corrected chi connectivity index (χ3v) is 3.87. The maximum atomic E-state index is 13.7. The van der Waals surface area contributed by atoms with Gasteiger partial charge in [0.1, 0.15) is 18.2 Å². The Morgan fingerprint density at radius 2 is 2.00 bits per heavy atom. The molecule has 2 rings (SSSR count). The summed E-state index contributed by atoms with van der Waals surface area (Å²) >= 11 is 6.01. The molecule has 0 saturated carbocycles. The minimum atomic E-state index is -0.352. The van der Waals surface area contributed by atoms with Crippen molar-refractivity contribution in [3.8, 4) is 5.75 Å². The standard InChI is InChI=1S/C19H23ClFNO2/c1-2-23-11-5-10-22-13-15-6-3-7-16(12-15)24-14-17-18(20)8-4-9-19(17)21/h3-4,6-9,12,22H,2,5,10-11,13-14H2,1H3. The molecule has 5 heteroatoms. The van der Waals surface area contributed by atoms with Gasteiger partial charge in [-0.15, -0.1) is 0 Å². The van der Waals surface area contributed by atoms with Crippen LogP contribution in [0, 0.1) is 5.82 Å². The molecule has 0 unspecified atom stereocenters. The fourth-order valence-corrected chi connectivity index (χ4v) is 2.46. The van der Waals surface area contributed by atoms with Crippen molar-refractivity contribution in [2.75, 3.05) is 19.8 Å². The van der Waals surface area contributed by atoms with Gasteiger partial charge in [-0.05, 0) is 49.7 Å². The van der Waals surface area contributed by atoms with Crippen LogP contribution in [0.3, 0.4) is 0 Å². The monoisotopic (exact) mass is 351 g/mol. The lowest BCUT2D eigenvalue weighted by atomic mass is 10.2. The fraction of sp³-hybridized carbons (Fsp3) is 0.368. The molecule has 0 spiro atoms. The van der Waals surface area contributed by atoms with Crippen molar-refractivity contribution in [1.82, 2.24) is 5.32 Å². The normalized spacial score (nSPS) is 10.8. The van der Waals surface area contributed by atoms with E-state index in [0.29, 0.717) is 16.3 Å². The zero-order valence-corrected chi connectivity index (χ0v) is 14.6. The Labute approximate surface area is 147 Å². The quantitative estimate of drug-likeness (QED) is 0.636. The molecule has 0 aromatic heterocycles. The predicted molar refractivity (Wildman–Crippen MR) is 95.0 cm³/mol. The lowest BCUT2D eigenvalue weighted by Gasteiger charge is -2.10. The van der Waals surface area contributed by atoms with Crippen LogP contribution in [-0.2, 0) is 17.9 Å². The Bertz CT molecular complexity index is 616. The van der Waals surface area contributed by atoms with Crippen molar-refractivity contribution >= 4 is 11.6 Å². The third-order valence-electron chi connectivity index (χ3n) is 3.52. The lowest BCUT2D eigenvalue weighted by molar-refractivity contribution is 0.144. The van der Waals surface area contributed by atoms with Crippen molar-refractivity contribution in [2.24, 2.45) is 0 Å². The fourth-order valence-electron chi connectivity index (χ4n) is 2.25. The number of benzene rings is 2. The molecule has 0 heterocycles. The Kier molecular flexibility index (Phi) is 8.02. The average molecular weight is 352 g/mol. The molecule has 0 aliphatic heterocycles. The summed E-state index contributed by atoms with van der Waals surface area (Å²) in [5.41, 5.74) is 1.49. The Balaban J connectivity index is 1.82. The van der Waals surface area contributed by atoms with Gasteiger partial charge in [-0.25, -0.2) is 4.39 Å². The molecule has 0 amide bonds. The van der Waals surface area contributed by atoms with E-state index in [2.05, 4.69) is 5.32 Å². The molecule has 1 N–H and O–H groups in total. The van der Waals surface area contributed by atoms with Crippen molar-refractivity contribution < 1.29 is 13.9 Å². The van der Waals surface area contributed by atoms with E-state index in [1.54, 1.807) is 12.1 Å². The molecule has 3 nitrogen and oxygen atoms in total. The summed E-state index contributed by atoms with van der Waals surface area (Å²) in [7, 11) is 0. The van der Waals surface area contributed by atoms with Gasteiger partial charge < -0.3 is 14.8 Å². The first-order valence-electron chi connectivity index (χ1n) is 8.13. The Morgan fingerprint density at radius 1 is 1.17 bits per heavy atom. The second kappa shape index (κ2) is 10.3. The maximum Gasteiger partial charge on any atom is 0.131 e. The summed E-state index contributed by atoms with van der Waals surface area (Å²) in [6, 6.07) is 12.4. The van der Waals surface area contributed by atoms with E-state index in [9.17, 15) is 4.39 Å². The molecule has 2 aromatic carbocycles. The zero-order valence-electron chi connectivity index (χ0n) is 13.9. The van der Waals surface area contributed by atoms with E-state index in [1.165, 1.54) is 6.07 Å². The number of halogens is 2. The van der Waals surface area contributed by atoms with Crippen LogP contribution < -0.4 is 10.1 Å². The topological polar surface area (TPSA) is 30.5 Å². The van der Waals surface area contributed by atoms with E-state index in [1.807, 2.05) is 31.2 Å². The minimum absolute atomic E-state index is 0.108. The van der Waals surface area contributed by atoms with E-state index in [-0.39, 0.29) is 12.4 Å². The van der Waals surface area contributed by atoms with Crippen LogP contribution in [0.4, 0.5) is 4.39 Å². The average Bonchev–Trinajstić information content (AvgIpc) is 2.58. The third kappa shape index (κ3) is 6.11. The van der Waals surface area contributed by atoms with Gasteiger partial charge in [-0.1, -0.05) is 29.8 Å². The highest BCUT2D eigenvalue weighted by molar-refractivity contribution is 6.31. The Morgan fingerprint density at radius 3 is 2.79 bits per heavy atom. The molecule has 0 aliphatic rings. The molecule has 130 valence electrons. The summed E-state index contributed by atoms with van der Waals surface area (Å²) < 4.78 is 24.7. The van der Waals surface area contributed by atoms with E-state index in [0.717, 1.165) is 38.3 Å². The predicted octanol–water partition coefficient (Wildman–Crippen LogP) is 4.57. The van der Waals surface area contributed by atoms with Crippen molar-refractivity contribution in [1.29, 1.82) is 0 Å². The molecule has 24 heavy (non-hydrogen) atoms. The molecule has 0 aliphatic carbocycles. The molecule has 2 aromatic rings. The second-order valence-corrected chi connectivity index (χ2v) is 5.77. The minimum Gasteiger partial charge on any atom is -0.489 e. The number of hydrogen-bond acceptors (Lipinski definition) is 3. The summed E-state index contributed by atoms with van der Waals surface area (Å²) in [6.07, 6.45) is 0.982. The number of rotatable bonds is 10. The van der Waals surface area contributed by atoms with Crippen molar-refractivity contribution in [2.45, 2.75) is 26.5 Å². The van der Waals surface area contributed by atoms with Crippen LogP contribution in [0.1, 0.15) is 24.5 Å². The van der Waals surface area contributed by atoms with Crippen molar-refractivity contribution in [3.05, 3.63) is 64.4 Å². The maximum absolute atomic E-state index is 13.7. The highest BCUT2D eigenvalue weighted by Crippen LogP contribution is 2.22. The molecule has 0 fully saturated rings. The summed E-state index contributed by atoms with van der Waals surface area (Å²) in [5, 5.41) is 3.74. The van der Waals surface area contributed by atoms with E-state index >= 15 is 0 Å². The van der Waals surface area contributed by atoms with Crippen LogP contribution in [0.15, 0.2) is 42.5 Å². The number of ether oxygens (including phenoxy) is 2. The molecule has 0 atom stereocenters. The highest BCUT2D eigenvalue weighted by Gasteiger charge is 2.07. The van der Waals surface area contributed by atoms with Crippen LogP contribution in [0.2, 0.25) is 5.02 Å². The highest BCUT2D eigenvalue weighted by atomic mass is 35.5. The number of nitrogens with one attached hydrogen (secondary N) is 1. The van der Waals surface area contributed by atoms with Crippen LogP contribution in [0.25, 0.3) is 0 Å². The van der Waals surface area contributed by atoms with Gasteiger partial charge in [0.15, 0.2) is 0 Å². The van der Waals surface area contributed by atoms with Gasteiger partial charge in [-0.3, -0.25) is 0 Å². The first-order chi connectivity index (χ1) is 11.7. The van der Waals surface area contributed by atoms with Crippen LogP contribution in [-0.4, -0.2) is 19.8 Å². The summed E-state index contributed by atoms with van der Waals surface area (Å²) in [4.78, 5) is 0. The van der Waals surface area contributed by atoms with Gasteiger partial charge in [0.05, 0.1) is 5.02 Å². The largest absolute Gasteiger partial charge is 0.489 e. The van der Waals surface area contributed by atoms with E-state index < -0.39 is 0 Å². The van der Waals surface area contributed by atoms with Gasteiger partial charge in [0.25, 0.3) is 0 Å². The van der Waals surface area contributed by atoms with Gasteiger partial charge in [0, 0.05) is 25.3 Å². The summed E-state index contributed by atoms with van der Waals surface area (Å²) in [5.74, 6) is 0.345. The van der Waals surface area contributed by atoms with Crippen molar-refractivity contribution in [3.63, 3.8) is 0 Å². The smallest absolute Gasteiger partial charge is 0.131 e. The number of hydrogen-bond donors (Lipinski definition) is 1. The molecule has 0 bridgehead atoms. The van der Waals surface area contributed by atoms with E-state index in [4.69, 9.17) is 21.1 Å². The molecular weight excluding hydrogens is 329 g/mol. The zero-order chi connectivity index (χ0) is 17.2. The molecular formula is C19H23ClFNO2. The molecule has 0 saturated heterocycles.